The van der Waals surface area contributed by atoms with Gasteiger partial charge in [-0.05, 0) is 29.3 Å². The number of methoxy groups -OCH3 is 2. The number of nitrogens with zero attached hydrogens (tertiary/aromatic N) is 1. The van der Waals surface area contributed by atoms with Crippen LogP contribution in [0.3, 0.4) is 0 Å². The highest BCUT2D eigenvalue weighted by Crippen LogP contribution is 2.50. The van der Waals surface area contributed by atoms with Crippen LogP contribution < -0.4 is 14.2 Å². The number of hydrogen-bond acceptors (Lipinski definition) is 6. The molecule has 1 atom stereocenters. The van der Waals surface area contributed by atoms with Crippen molar-refractivity contribution in [1.82, 2.24) is 0 Å². The number of carbonyl (C=O) groups excluding carboxylic acids is 2. The van der Waals surface area contributed by atoms with Gasteiger partial charge in [-0.3, -0.25) is 4.79 Å². The molecule has 0 spiro atoms. The molecule has 0 radical (unpaired) electrons. The van der Waals surface area contributed by atoms with E-state index < -0.39 is 0 Å². The van der Waals surface area contributed by atoms with Gasteiger partial charge in [-0.15, -0.1) is 0 Å². The molecule has 32 heavy (non-hydrogen) atoms. The number of quaternary nitrogens is 1. The quantitative estimate of drug-likeness (QED) is 0.285. The third-order valence-electron chi connectivity index (χ3n) is 5.91. The Morgan fingerprint density at radius 2 is 1.84 bits per heavy atom. The van der Waals surface area contributed by atoms with Crippen molar-refractivity contribution < 1.29 is 33.0 Å². The van der Waals surface area contributed by atoms with Gasteiger partial charge in [0, 0.05) is 11.4 Å². The number of likely N-dealkylation sites (N-methyl/N-ethyl adjacent to an activating group) is 1. The number of ether oxygens (including phenoxy) is 4. The summed E-state index contributed by atoms with van der Waals surface area (Å²) in [7, 11) is 4.94. The molecule has 0 saturated carbocycles. The number of ketones is 1. The van der Waals surface area contributed by atoms with Crippen LogP contribution in [0.5, 0.6) is 17.2 Å². The molecule has 0 aliphatic carbocycles. The summed E-state index contributed by atoms with van der Waals surface area (Å²) in [5.74, 6) is 0.943. The Morgan fingerprint density at radius 1 is 1.12 bits per heavy atom. The molecule has 4 rings (SSSR count). The van der Waals surface area contributed by atoms with E-state index in [0.29, 0.717) is 51.8 Å². The van der Waals surface area contributed by atoms with Crippen LogP contribution in [0.15, 0.2) is 30.3 Å². The van der Waals surface area contributed by atoms with Crippen LogP contribution in [0.2, 0.25) is 5.02 Å². The monoisotopic (exact) mass is 458 g/mol. The molecule has 0 unspecified atom stereocenters. The normalized spacial score (nSPS) is 19.0. The molecule has 2 aromatic carbocycles. The summed E-state index contributed by atoms with van der Waals surface area (Å²) in [5, 5.41) is 0.634. The number of allylic oxidation sites excluding steroid dienone is 1. The molecule has 2 aliphatic heterocycles. The van der Waals surface area contributed by atoms with Gasteiger partial charge in [-0.2, -0.15) is 0 Å². The van der Waals surface area contributed by atoms with Crippen molar-refractivity contribution in [2.45, 2.75) is 13.0 Å². The topological polar surface area (TPSA) is 71.1 Å². The fourth-order valence-electron chi connectivity index (χ4n) is 4.30. The lowest BCUT2D eigenvalue weighted by molar-refractivity contribution is -0.917. The van der Waals surface area contributed by atoms with Gasteiger partial charge in [0.15, 0.2) is 23.8 Å². The van der Waals surface area contributed by atoms with Gasteiger partial charge < -0.3 is 23.4 Å². The number of hydrogen-bond donors (Lipinski definition) is 0. The van der Waals surface area contributed by atoms with E-state index in [1.807, 2.05) is 19.2 Å². The maximum atomic E-state index is 13.3. The highest BCUT2D eigenvalue weighted by molar-refractivity contribution is 6.30. The first kappa shape index (κ1) is 22.2. The summed E-state index contributed by atoms with van der Waals surface area (Å²) >= 11 is 5.94. The van der Waals surface area contributed by atoms with E-state index in [4.69, 9.17) is 30.5 Å². The molecular formula is C24H25ClNO6+. The van der Waals surface area contributed by atoms with E-state index in [9.17, 15) is 9.59 Å². The fourth-order valence-corrected chi connectivity index (χ4v) is 4.42. The van der Waals surface area contributed by atoms with Crippen molar-refractivity contribution in [1.29, 1.82) is 0 Å². The Morgan fingerprint density at radius 3 is 2.53 bits per heavy atom. The molecule has 7 nitrogen and oxygen atoms in total. The van der Waals surface area contributed by atoms with Gasteiger partial charge in [0.1, 0.15) is 6.54 Å². The van der Waals surface area contributed by atoms with Crippen LogP contribution in [0.25, 0.3) is 6.08 Å². The molecule has 8 heteroatoms. The number of rotatable bonds is 6. The molecule has 0 bridgehead atoms. The Kier molecular flexibility index (Phi) is 6.13. The predicted molar refractivity (Wildman–Crippen MR) is 119 cm³/mol. The van der Waals surface area contributed by atoms with Gasteiger partial charge in [0.2, 0.25) is 12.5 Å². The van der Waals surface area contributed by atoms with Crippen LogP contribution in [0, 0.1) is 0 Å². The van der Waals surface area contributed by atoms with Crippen molar-refractivity contribution in [2.24, 2.45) is 0 Å². The minimum Gasteiger partial charge on any atom is -0.492 e. The summed E-state index contributed by atoms with van der Waals surface area (Å²) in [6, 6.07) is 7.23. The lowest BCUT2D eigenvalue weighted by Gasteiger charge is -2.38. The van der Waals surface area contributed by atoms with E-state index in [1.165, 1.54) is 13.2 Å². The van der Waals surface area contributed by atoms with Crippen molar-refractivity contribution in [3.8, 4) is 17.2 Å². The fraction of sp³-hybridized carbons (Fsp3) is 0.333. The van der Waals surface area contributed by atoms with E-state index in [0.717, 1.165) is 16.7 Å². The smallest absolute Gasteiger partial charge is 0.361 e. The van der Waals surface area contributed by atoms with Crippen molar-refractivity contribution in [3.63, 3.8) is 0 Å². The second-order valence-corrected chi connectivity index (χ2v) is 8.60. The minimum absolute atomic E-state index is 0.0179. The summed E-state index contributed by atoms with van der Waals surface area (Å²) in [5.41, 5.74) is 3.08. The Bertz CT molecular complexity index is 1090. The first-order chi connectivity index (χ1) is 15.3. The van der Waals surface area contributed by atoms with Gasteiger partial charge in [-0.25, -0.2) is 4.79 Å². The molecule has 0 N–H and O–H groups in total. The lowest BCUT2D eigenvalue weighted by Crippen LogP contribution is -2.51. The first-order valence-corrected chi connectivity index (χ1v) is 10.6. The Balaban J connectivity index is 1.76. The highest BCUT2D eigenvalue weighted by atomic mass is 35.5. The largest absolute Gasteiger partial charge is 0.492 e. The van der Waals surface area contributed by atoms with Crippen LogP contribution in [0.4, 0.5) is 0 Å². The Labute approximate surface area is 191 Å². The second kappa shape index (κ2) is 8.84. The van der Waals surface area contributed by atoms with Crippen LogP contribution in [0.1, 0.15) is 27.0 Å². The number of fused-ring (bicyclic) bond motifs is 2. The average Bonchev–Trinajstić information content (AvgIpc) is 3.25. The van der Waals surface area contributed by atoms with Gasteiger partial charge in [-0.1, -0.05) is 29.8 Å². The van der Waals surface area contributed by atoms with Gasteiger partial charge in [0.05, 0.1) is 38.9 Å². The molecule has 0 amide bonds. The van der Waals surface area contributed by atoms with Crippen LogP contribution in [-0.4, -0.2) is 57.4 Å². The van der Waals surface area contributed by atoms with Crippen molar-refractivity contribution >= 4 is 29.4 Å². The number of halogens is 1. The van der Waals surface area contributed by atoms with Crippen molar-refractivity contribution in [3.05, 3.63) is 57.6 Å². The zero-order chi connectivity index (χ0) is 22.9. The van der Waals surface area contributed by atoms with Gasteiger partial charge in [0.25, 0.3) is 0 Å². The molecule has 0 fully saturated rings. The van der Waals surface area contributed by atoms with Gasteiger partial charge >= 0.3 is 5.97 Å². The van der Waals surface area contributed by atoms with Crippen LogP contribution >= 0.6 is 11.6 Å². The summed E-state index contributed by atoms with van der Waals surface area (Å²) in [6.45, 7) is 1.43. The first-order valence-electron chi connectivity index (χ1n) is 10.2. The predicted octanol–water partition coefficient (Wildman–Crippen LogP) is 3.65. The summed E-state index contributed by atoms with van der Waals surface area (Å²) in [6.07, 6.45) is 3.87. The summed E-state index contributed by atoms with van der Waals surface area (Å²) < 4.78 is 22.4. The van der Waals surface area contributed by atoms with E-state index in [1.54, 1.807) is 25.3 Å². The van der Waals surface area contributed by atoms with Crippen LogP contribution in [-0.2, 0) is 22.5 Å². The second-order valence-electron chi connectivity index (χ2n) is 8.16. The molecule has 2 aromatic rings. The molecule has 168 valence electrons. The zero-order valence-corrected chi connectivity index (χ0v) is 19.0. The maximum absolute atomic E-state index is 13.3. The molecule has 2 aliphatic rings. The highest BCUT2D eigenvalue weighted by Gasteiger charge is 2.40. The van der Waals surface area contributed by atoms with E-state index in [-0.39, 0.29) is 25.1 Å². The zero-order valence-electron chi connectivity index (χ0n) is 18.3. The van der Waals surface area contributed by atoms with E-state index in [2.05, 4.69) is 0 Å². The Hall–Kier alpha value is -3.03. The maximum Gasteiger partial charge on any atom is 0.361 e. The van der Waals surface area contributed by atoms with E-state index >= 15 is 0 Å². The third kappa shape index (κ3) is 4.18. The molecular weight excluding hydrogens is 434 g/mol. The number of benzene rings is 2. The number of carbonyl (C=O) groups is 2. The van der Waals surface area contributed by atoms with Crippen molar-refractivity contribution in [2.75, 3.05) is 41.1 Å². The summed E-state index contributed by atoms with van der Waals surface area (Å²) in [4.78, 5) is 25.3. The SMILES string of the molecule is COC(=O)C[N@+]1(C)CCc2c(c(OC)c3c(c2C(=O)/C=C/c2ccc(Cl)cc2)OCO3)C1. The molecule has 0 aromatic heterocycles. The standard InChI is InChI=1S/C24H25ClNO6/c1-26(13-20(28)29-2)11-10-17-18(12-26)22(30-3)24-23(31-14-32-24)21(17)19(27)9-6-15-4-7-16(25)8-5-15/h4-9H,10-14H2,1-3H3/q+1/b9-6+/t26-/m1/s1. The molecule has 2 heterocycles. The third-order valence-corrected chi connectivity index (χ3v) is 6.17. The molecule has 0 saturated heterocycles. The average molecular weight is 459 g/mol. The lowest BCUT2D eigenvalue weighted by atomic mass is 9.89. The minimum atomic E-state index is -0.280. The number of esters is 1.